The van der Waals surface area contributed by atoms with Crippen molar-refractivity contribution in [2.24, 2.45) is 0 Å². The molecule has 2 aromatic rings. The van der Waals surface area contributed by atoms with Crippen LogP contribution in [0.5, 0.6) is 0 Å². The van der Waals surface area contributed by atoms with Gasteiger partial charge in [0.2, 0.25) is 0 Å². The molecule has 0 fully saturated rings. The summed E-state index contributed by atoms with van der Waals surface area (Å²) in [7, 11) is 1.30. The van der Waals surface area contributed by atoms with E-state index in [1.54, 1.807) is 0 Å². The highest BCUT2D eigenvalue weighted by Gasteiger charge is 2.09. The molecule has 0 unspecified atom stereocenters. The van der Waals surface area contributed by atoms with Gasteiger partial charge in [0.1, 0.15) is 18.2 Å². The molecule has 0 spiro atoms. The molecule has 0 saturated heterocycles. The number of ether oxygens (including phenoxy) is 1. The first-order valence-electron chi connectivity index (χ1n) is 3.54. The summed E-state index contributed by atoms with van der Waals surface area (Å²) < 4.78 is 5.78. The number of aromatic nitrogens is 4. The molecule has 6 heteroatoms. The van der Waals surface area contributed by atoms with Crippen LogP contribution in [0.2, 0.25) is 0 Å². The van der Waals surface area contributed by atoms with Crippen LogP contribution in [0.25, 0.3) is 11.2 Å². The van der Waals surface area contributed by atoms with Gasteiger partial charge in [0.15, 0.2) is 5.65 Å². The van der Waals surface area contributed by atoms with E-state index in [0.717, 1.165) is 0 Å². The maximum absolute atomic E-state index is 11.1. The topological polar surface area (TPSA) is 69.9 Å². The van der Waals surface area contributed by atoms with E-state index in [1.165, 1.54) is 30.5 Å². The van der Waals surface area contributed by atoms with Crippen LogP contribution in [-0.4, -0.2) is 32.7 Å². The van der Waals surface area contributed by atoms with Crippen molar-refractivity contribution in [1.82, 2.24) is 19.5 Å². The standard InChI is InChI=1S/C7H6N4O2/c1-13-7(12)11-4-10-6-5(11)2-8-3-9-6/h2-4H,1H3. The summed E-state index contributed by atoms with van der Waals surface area (Å²) in [5.41, 5.74) is 1.01. The summed E-state index contributed by atoms with van der Waals surface area (Å²) in [4.78, 5) is 22.7. The Morgan fingerprint density at radius 2 is 2.38 bits per heavy atom. The molecule has 0 aliphatic heterocycles. The van der Waals surface area contributed by atoms with Crippen molar-refractivity contribution in [3.05, 3.63) is 18.9 Å². The second-order valence-corrected chi connectivity index (χ2v) is 2.32. The summed E-state index contributed by atoms with van der Waals surface area (Å²) in [5.74, 6) is 0. The fraction of sp³-hybridized carbons (Fsp3) is 0.143. The minimum atomic E-state index is -0.502. The van der Waals surface area contributed by atoms with E-state index >= 15 is 0 Å². The predicted molar refractivity (Wildman–Crippen MR) is 43.1 cm³/mol. The molecular formula is C7H6N4O2. The molecule has 0 aliphatic rings. The van der Waals surface area contributed by atoms with Crippen molar-refractivity contribution < 1.29 is 9.53 Å². The van der Waals surface area contributed by atoms with Crippen molar-refractivity contribution in [2.75, 3.05) is 7.11 Å². The average molecular weight is 178 g/mol. The first-order chi connectivity index (χ1) is 6.33. The van der Waals surface area contributed by atoms with E-state index in [4.69, 9.17) is 0 Å². The third-order valence-electron chi connectivity index (χ3n) is 1.60. The average Bonchev–Trinajstić information content (AvgIpc) is 2.60. The van der Waals surface area contributed by atoms with Gasteiger partial charge >= 0.3 is 6.09 Å². The Kier molecular flexibility index (Phi) is 1.66. The van der Waals surface area contributed by atoms with E-state index in [1.807, 2.05) is 0 Å². The first-order valence-corrected chi connectivity index (χ1v) is 3.54. The molecule has 0 bridgehead atoms. The molecule has 2 aromatic heterocycles. The van der Waals surface area contributed by atoms with Gasteiger partial charge in [-0.25, -0.2) is 24.3 Å². The van der Waals surface area contributed by atoms with Gasteiger partial charge in [-0.1, -0.05) is 0 Å². The molecule has 0 N–H and O–H groups in total. The Labute approximate surface area is 73.2 Å². The van der Waals surface area contributed by atoms with Crippen molar-refractivity contribution in [1.29, 1.82) is 0 Å². The van der Waals surface area contributed by atoms with Gasteiger partial charge in [0, 0.05) is 0 Å². The summed E-state index contributed by atoms with van der Waals surface area (Å²) >= 11 is 0. The van der Waals surface area contributed by atoms with Gasteiger partial charge in [-0.2, -0.15) is 0 Å². The van der Waals surface area contributed by atoms with Gasteiger partial charge in [-0.3, -0.25) is 0 Å². The van der Waals surface area contributed by atoms with Gasteiger partial charge in [0.05, 0.1) is 13.3 Å². The maximum atomic E-state index is 11.1. The summed E-state index contributed by atoms with van der Waals surface area (Å²) in [6.07, 6.45) is 3.73. The first kappa shape index (κ1) is 7.66. The molecule has 0 amide bonds. The quantitative estimate of drug-likeness (QED) is 0.585. The highest BCUT2D eigenvalue weighted by molar-refractivity contribution is 5.83. The molecule has 0 aromatic carbocycles. The lowest BCUT2D eigenvalue weighted by Gasteiger charge is -1.98. The van der Waals surface area contributed by atoms with Crippen LogP contribution in [0.4, 0.5) is 4.79 Å². The highest BCUT2D eigenvalue weighted by Crippen LogP contribution is 2.07. The van der Waals surface area contributed by atoms with Crippen LogP contribution in [-0.2, 0) is 4.74 Å². The van der Waals surface area contributed by atoms with Crippen LogP contribution < -0.4 is 0 Å². The molecule has 0 atom stereocenters. The van der Waals surface area contributed by atoms with Crippen LogP contribution in [0.3, 0.4) is 0 Å². The van der Waals surface area contributed by atoms with Crippen LogP contribution in [0.15, 0.2) is 18.9 Å². The molecule has 13 heavy (non-hydrogen) atoms. The molecule has 0 saturated carbocycles. The number of carbonyl (C=O) groups is 1. The van der Waals surface area contributed by atoms with Crippen LogP contribution >= 0.6 is 0 Å². The maximum Gasteiger partial charge on any atom is 0.419 e. The minimum Gasteiger partial charge on any atom is -0.452 e. The van der Waals surface area contributed by atoms with Gasteiger partial charge in [-0.05, 0) is 0 Å². The summed E-state index contributed by atoms with van der Waals surface area (Å²) in [6, 6.07) is 0. The van der Waals surface area contributed by atoms with Gasteiger partial charge in [0.25, 0.3) is 0 Å². The summed E-state index contributed by atoms with van der Waals surface area (Å²) in [5, 5.41) is 0. The monoisotopic (exact) mass is 178 g/mol. The SMILES string of the molecule is COC(=O)n1cnc2ncncc21. The fourth-order valence-corrected chi connectivity index (χ4v) is 1.00. The predicted octanol–water partition coefficient (Wildman–Crippen LogP) is 0.441. The molecule has 6 nitrogen and oxygen atoms in total. The van der Waals surface area contributed by atoms with Crippen molar-refractivity contribution in [3.8, 4) is 0 Å². The fourth-order valence-electron chi connectivity index (χ4n) is 1.00. The van der Waals surface area contributed by atoms with Crippen molar-refractivity contribution in [2.45, 2.75) is 0 Å². The largest absolute Gasteiger partial charge is 0.452 e. The third-order valence-corrected chi connectivity index (χ3v) is 1.60. The number of carbonyl (C=O) groups excluding carboxylic acids is 1. The van der Waals surface area contributed by atoms with Crippen molar-refractivity contribution >= 4 is 17.3 Å². The normalized spacial score (nSPS) is 10.2. The molecule has 66 valence electrons. The lowest BCUT2D eigenvalue weighted by Crippen LogP contribution is -2.09. The van der Waals surface area contributed by atoms with Crippen LogP contribution in [0.1, 0.15) is 0 Å². The number of hydrogen-bond donors (Lipinski definition) is 0. The zero-order valence-electron chi connectivity index (χ0n) is 6.84. The summed E-state index contributed by atoms with van der Waals surface area (Å²) in [6.45, 7) is 0. The number of nitrogens with zero attached hydrogens (tertiary/aromatic N) is 4. The number of rotatable bonds is 0. The molecule has 2 heterocycles. The van der Waals surface area contributed by atoms with E-state index in [2.05, 4.69) is 19.7 Å². The molecule has 2 rings (SSSR count). The van der Waals surface area contributed by atoms with E-state index < -0.39 is 6.09 Å². The molecular weight excluding hydrogens is 172 g/mol. The Hall–Kier alpha value is -1.98. The van der Waals surface area contributed by atoms with Crippen LogP contribution in [0, 0.1) is 0 Å². The van der Waals surface area contributed by atoms with Gasteiger partial charge < -0.3 is 4.74 Å². The van der Waals surface area contributed by atoms with Gasteiger partial charge in [-0.15, -0.1) is 0 Å². The number of fused-ring (bicyclic) bond motifs is 1. The molecule has 0 radical (unpaired) electrons. The molecule has 0 aliphatic carbocycles. The zero-order valence-corrected chi connectivity index (χ0v) is 6.84. The highest BCUT2D eigenvalue weighted by atomic mass is 16.5. The minimum absolute atomic E-state index is 0.473. The Balaban J connectivity index is 2.64. The Morgan fingerprint density at radius 3 is 3.15 bits per heavy atom. The number of hydrogen-bond acceptors (Lipinski definition) is 5. The van der Waals surface area contributed by atoms with E-state index in [0.29, 0.717) is 11.2 Å². The van der Waals surface area contributed by atoms with Crippen molar-refractivity contribution in [3.63, 3.8) is 0 Å². The smallest absolute Gasteiger partial charge is 0.419 e. The number of imidazole rings is 1. The lowest BCUT2D eigenvalue weighted by atomic mass is 10.5. The van der Waals surface area contributed by atoms with E-state index in [-0.39, 0.29) is 0 Å². The Morgan fingerprint density at radius 1 is 1.54 bits per heavy atom. The Bertz CT molecular complexity index is 450. The lowest BCUT2D eigenvalue weighted by molar-refractivity contribution is 0.174. The second-order valence-electron chi connectivity index (χ2n) is 2.32. The third kappa shape index (κ3) is 1.12. The van der Waals surface area contributed by atoms with E-state index in [9.17, 15) is 4.79 Å². The number of methoxy groups -OCH3 is 1. The second kappa shape index (κ2) is 2.81. The zero-order chi connectivity index (χ0) is 9.26.